The maximum Gasteiger partial charge on any atom is 0.348 e. The van der Waals surface area contributed by atoms with E-state index in [9.17, 15) is 14.3 Å². The zero-order valence-electron chi connectivity index (χ0n) is 14.2. The van der Waals surface area contributed by atoms with Crippen LogP contribution in [0, 0.1) is 17.1 Å². The fourth-order valence-electron chi connectivity index (χ4n) is 3.17. The summed E-state index contributed by atoms with van der Waals surface area (Å²) < 4.78 is 19.5. The van der Waals surface area contributed by atoms with E-state index in [-0.39, 0.29) is 18.6 Å². The molecule has 0 saturated carbocycles. The second-order valence-electron chi connectivity index (χ2n) is 6.42. The average Bonchev–Trinajstić information content (AvgIpc) is 2.65. The molecule has 1 aliphatic heterocycles. The Morgan fingerprint density at radius 3 is 2.62 bits per heavy atom. The molecule has 2 aromatic carbocycles. The number of benzene rings is 2. The number of carbonyl (C=O) groups is 1. The van der Waals surface area contributed by atoms with Crippen LogP contribution in [-0.2, 0) is 11.3 Å². The summed E-state index contributed by atoms with van der Waals surface area (Å²) >= 11 is 0. The van der Waals surface area contributed by atoms with Crippen molar-refractivity contribution in [3.05, 3.63) is 65.5 Å². The summed E-state index contributed by atoms with van der Waals surface area (Å²) in [6, 6.07) is 15.3. The van der Waals surface area contributed by atoms with E-state index >= 15 is 0 Å². The van der Waals surface area contributed by atoms with Crippen molar-refractivity contribution in [1.29, 1.82) is 5.26 Å². The first kappa shape index (κ1) is 17.9. The van der Waals surface area contributed by atoms with Crippen molar-refractivity contribution in [3.63, 3.8) is 0 Å². The highest BCUT2D eigenvalue weighted by molar-refractivity contribution is 5.78. The summed E-state index contributed by atoms with van der Waals surface area (Å²) in [6.07, 6.45) is 0.517. The molecule has 1 saturated heterocycles. The van der Waals surface area contributed by atoms with Crippen LogP contribution in [0.4, 0.5) is 4.39 Å². The number of hydrogen-bond donors (Lipinski definition) is 1. The van der Waals surface area contributed by atoms with Crippen molar-refractivity contribution >= 4 is 5.97 Å². The maximum atomic E-state index is 13.9. The van der Waals surface area contributed by atoms with Crippen LogP contribution in [-0.4, -0.2) is 34.7 Å². The van der Waals surface area contributed by atoms with Crippen molar-refractivity contribution in [3.8, 4) is 11.8 Å². The first-order chi connectivity index (χ1) is 12.5. The third-order valence-corrected chi connectivity index (χ3v) is 4.66. The lowest BCUT2D eigenvalue weighted by Gasteiger charge is -2.38. The lowest BCUT2D eigenvalue weighted by molar-refractivity contribution is -0.160. The van der Waals surface area contributed by atoms with Gasteiger partial charge in [0.1, 0.15) is 0 Å². The molecule has 0 radical (unpaired) electrons. The molecule has 1 fully saturated rings. The Bertz CT molecular complexity index is 839. The lowest BCUT2D eigenvalue weighted by Crippen LogP contribution is -2.53. The smallest absolute Gasteiger partial charge is 0.348 e. The molecule has 1 N–H and O–H groups in total. The highest BCUT2D eigenvalue weighted by atomic mass is 19.1. The Labute approximate surface area is 151 Å². The second kappa shape index (κ2) is 7.54. The zero-order valence-corrected chi connectivity index (χ0v) is 14.2. The quantitative estimate of drug-likeness (QED) is 0.893. The van der Waals surface area contributed by atoms with E-state index in [0.29, 0.717) is 25.2 Å². The number of piperidine rings is 1. The van der Waals surface area contributed by atoms with E-state index in [2.05, 4.69) is 11.0 Å². The van der Waals surface area contributed by atoms with Gasteiger partial charge in [-0.2, -0.15) is 5.26 Å². The number of rotatable bonds is 5. The molecule has 3 rings (SSSR count). The van der Waals surface area contributed by atoms with Gasteiger partial charge in [0.25, 0.3) is 0 Å². The van der Waals surface area contributed by atoms with E-state index in [0.717, 1.165) is 5.56 Å². The van der Waals surface area contributed by atoms with Gasteiger partial charge >= 0.3 is 5.97 Å². The number of para-hydroxylation sites is 1. The highest BCUT2D eigenvalue weighted by Gasteiger charge is 2.44. The molecule has 134 valence electrons. The van der Waals surface area contributed by atoms with Gasteiger partial charge in [0.2, 0.25) is 5.60 Å². The Balaban J connectivity index is 1.68. The first-order valence-electron chi connectivity index (χ1n) is 8.41. The average molecular weight is 354 g/mol. The Kier molecular flexibility index (Phi) is 5.19. The number of halogens is 1. The van der Waals surface area contributed by atoms with Gasteiger partial charge in [-0.1, -0.05) is 24.3 Å². The zero-order chi connectivity index (χ0) is 18.6. The number of ether oxygens (including phenoxy) is 1. The van der Waals surface area contributed by atoms with E-state index in [4.69, 9.17) is 10.00 Å². The van der Waals surface area contributed by atoms with Gasteiger partial charge in [-0.05, 0) is 29.8 Å². The minimum absolute atomic E-state index is 0.0370. The van der Waals surface area contributed by atoms with E-state index < -0.39 is 17.4 Å². The van der Waals surface area contributed by atoms with Gasteiger partial charge in [0.05, 0.1) is 11.6 Å². The van der Waals surface area contributed by atoms with Crippen molar-refractivity contribution in [2.75, 3.05) is 13.1 Å². The Morgan fingerprint density at radius 2 is 1.96 bits per heavy atom. The standard InChI is InChI=1S/C20H19FN2O3/c21-17-6-1-2-7-18(17)26-20(19(24)25)8-10-23(11-9-20)14-16-5-3-4-15(12-16)13-22/h1-7,12H,8-11,14H2,(H,24,25). The Hall–Kier alpha value is -2.91. The van der Waals surface area contributed by atoms with Crippen LogP contribution >= 0.6 is 0 Å². The molecule has 0 unspecified atom stereocenters. The van der Waals surface area contributed by atoms with Crippen LogP contribution in [0.3, 0.4) is 0 Å². The van der Waals surface area contributed by atoms with E-state index in [1.165, 1.54) is 18.2 Å². The highest BCUT2D eigenvalue weighted by Crippen LogP contribution is 2.31. The number of likely N-dealkylation sites (tertiary alicyclic amines) is 1. The predicted octanol–water partition coefficient (Wildman–Crippen LogP) is 3.20. The monoisotopic (exact) mass is 354 g/mol. The molecule has 0 bridgehead atoms. The number of carboxylic acids is 1. The number of carboxylic acid groups (broad SMARTS) is 1. The number of nitriles is 1. The van der Waals surface area contributed by atoms with Crippen LogP contribution in [0.1, 0.15) is 24.0 Å². The molecule has 5 nitrogen and oxygen atoms in total. The molecule has 0 amide bonds. The maximum absolute atomic E-state index is 13.9. The molecular formula is C20H19FN2O3. The van der Waals surface area contributed by atoms with Gasteiger partial charge in [0, 0.05) is 32.5 Å². The summed E-state index contributed by atoms with van der Waals surface area (Å²) in [7, 11) is 0. The van der Waals surface area contributed by atoms with Gasteiger partial charge < -0.3 is 9.84 Å². The fourth-order valence-corrected chi connectivity index (χ4v) is 3.17. The SMILES string of the molecule is N#Cc1cccc(CN2CCC(Oc3ccccc3F)(C(=O)O)CC2)c1. The summed E-state index contributed by atoms with van der Waals surface area (Å²) in [5.41, 5.74) is 0.178. The van der Waals surface area contributed by atoms with Crippen molar-refractivity contribution < 1.29 is 19.0 Å². The summed E-state index contributed by atoms with van der Waals surface area (Å²) in [4.78, 5) is 14.0. The molecule has 1 aliphatic rings. The first-order valence-corrected chi connectivity index (χ1v) is 8.41. The molecule has 6 heteroatoms. The second-order valence-corrected chi connectivity index (χ2v) is 6.42. The molecular weight excluding hydrogens is 335 g/mol. The molecule has 2 aromatic rings. The normalized spacial score (nSPS) is 16.6. The summed E-state index contributed by atoms with van der Waals surface area (Å²) in [5.74, 6) is -1.68. The van der Waals surface area contributed by atoms with Gasteiger partial charge in [-0.25, -0.2) is 9.18 Å². The Morgan fingerprint density at radius 1 is 1.23 bits per heavy atom. The van der Waals surface area contributed by atoms with Crippen molar-refractivity contribution in [2.24, 2.45) is 0 Å². The molecule has 0 atom stereocenters. The fraction of sp³-hybridized carbons (Fsp3) is 0.300. The lowest BCUT2D eigenvalue weighted by atomic mass is 9.90. The molecule has 26 heavy (non-hydrogen) atoms. The van der Waals surface area contributed by atoms with Crippen LogP contribution < -0.4 is 4.74 Å². The molecule has 0 aromatic heterocycles. The van der Waals surface area contributed by atoms with Gasteiger partial charge in [-0.3, -0.25) is 4.90 Å². The number of hydrogen-bond acceptors (Lipinski definition) is 4. The van der Waals surface area contributed by atoms with Crippen molar-refractivity contribution in [1.82, 2.24) is 4.90 Å². The topological polar surface area (TPSA) is 73.6 Å². The van der Waals surface area contributed by atoms with E-state index in [1.807, 2.05) is 18.2 Å². The third-order valence-electron chi connectivity index (χ3n) is 4.66. The minimum Gasteiger partial charge on any atom is -0.478 e. The third kappa shape index (κ3) is 3.84. The molecule has 0 spiro atoms. The minimum atomic E-state index is -1.42. The van der Waals surface area contributed by atoms with E-state index in [1.54, 1.807) is 12.1 Å². The van der Waals surface area contributed by atoms with Crippen LogP contribution in [0.5, 0.6) is 5.75 Å². The summed E-state index contributed by atoms with van der Waals surface area (Å²) in [5, 5.41) is 18.7. The van der Waals surface area contributed by atoms with Gasteiger partial charge in [0.15, 0.2) is 11.6 Å². The number of nitrogens with zero attached hydrogens (tertiary/aromatic N) is 2. The summed E-state index contributed by atoms with van der Waals surface area (Å²) in [6.45, 7) is 1.65. The van der Waals surface area contributed by atoms with Gasteiger partial charge in [-0.15, -0.1) is 0 Å². The van der Waals surface area contributed by atoms with Crippen LogP contribution in [0.15, 0.2) is 48.5 Å². The molecule has 0 aliphatic carbocycles. The predicted molar refractivity (Wildman–Crippen MR) is 93.1 cm³/mol. The molecule has 1 heterocycles. The number of aliphatic carboxylic acids is 1. The van der Waals surface area contributed by atoms with Crippen LogP contribution in [0.25, 0.3) is 0 Å². The largest absolute Gasteiger partial charge is 0.478 e. The van der Waals surface area contributed by atoms with Crippen molar-refractivity contribution in [2.45, 2.75) is 25.0 Å². The van der Waals surface area contributed by atoms with Crippen LogP contribution in [0.2, 0.25) is 0 Å².